The molecule has 0 unspecified atom stereocenters. The van der Waals surface area contributed by atoms with Crippen molar-refractivity contribution in [2.45, 2.75) is 32.2 Å². The number of ether oxygens (including phenoxy) is 1. The summed E-state index contributed by atoms with van der Waals surface area (Å²) in [5, 5.41) is 3.93. The molecule has 1 aliphatic heterocycles. The molecule has 2 atom stereocenters. The van der Waals surface area contributed by atoms with Gasteiger partial charge in [0.2, 0.25) is 5.91 Å². The highest BCUT2D eigenvalue weighted by Crippen LogP contribution is 2.37. The highest BCUT2D eigenvalue weighted by Gasteiger charge is 2.39. The highest BCUT2D eigenvalue weighted by atomic mass is 35.5. The van der Waals surface area contributed by atoms with Crippen LogP contribution in [0.1, 0.15) is 26.2 Å². The van der Waals surface area contributed by atoms with Gasteiger partial charge in [-0.3, -0.25) is 9.69 Å². The van der Waals surface area contributed by atoms with E-state index in [2.05, 4.69) is 17.1 Å². The van der Waals surface area contributed by atoms with E-state index in [4.69, 9.17) is 16.3 Å². The number of amides is 1. The van der Waals surface area contributed by atoms with Crippen LogP contribution in [0.4, 0.5) is 0 Å². The van der Waals surface area contributed by atoms with Gasteiger partial charge in [-0.15, -0.1) is 0 Å². The molecule has 1 saturated heterocycles. The highest BCUT2D eigenvalue weighted by molar-refractivity contribution is 6.30. The van der Waals surface area contributed by atoms with Crippen molar-refractivity contribution in [1.82, 2.24) is 10.2 Å². The first kappa shape index (κ1) is 16.6. The summed E-state index contributed by atoms with van der Waals surface area (Å²) in [6.07, 6.45) is 3.13. The molecule has 4 nitrogen and oxygen atoms in total. The Bertz CT molecular complexity index is 526. The predicted octanol–water partition coefficient (Wildman–Crippen LogP) is 2.96. The van der Waals surface area contributed by atoms with Crippen molar-refractivity contribution in [2.75, 3.05) is 26.2 Å². The van der Waals surface area contributed by atoms with Gasteiger partial charge in [-0.05, 0) is 49.4 Å². The number of halogens is 1. The van der Waals surface area contributed by atoms with Crippen LogP contribution in [0.5, 0.6) is 5.75 Å². The lowest BCUT2D eigenvalue weighted by Crippen LogP contribution is -2.46. The Morgan fingerprint density at radius 3 is 2.57 bits per heavy atom. The fourth-order valence-corrected chi connectivity index (χ4v) is 3.25. The molecule has 1 aromatic carbocycles. The number of hydrogen-bond donors (Lipinski definition) is 1. The monoisotopic (exact) mass is 336 g/mol. The number of rotatable bonds is 6. The molecule has 1 N–H and O–H groups in total. The van der Waals surface area contributed by atoms with Gasteiger partial charge in [-0.1, -0.05) is 18.5 Å². The van der Waals surface area contributed by atoms with Crippen molar-refractivity contribution >= 4 is 17.5 Å². The zero-order valence-electron chi connectivity index (χ0n) is 13.6. The molecule has 1 saturated carbocycles. The van der Waals surface area contributed by atoms with Crippen LogP contribution >= 0.6 is 11.6 Å². The summed E-state index contributed by atoms with van der Waals surface area (Å²) >= 11 is 5.85. The van der Waals surface area contributed by atoms with Crippen molar-refractivity contribution in [2.24, 2.45) is 11.8 Å². The van der Waals surface area contributed by atoms with E-state index in [0.29, 0.717) is 18.6 Å². The lowest BCUT2D eigenvalue weighted by Gasteiger charge is -2.32. The number of carbonyl (C=O) groups excluding carboxylic acids is 1. The summed E-state index contributed by atoms with van der Waals surface area (Å²) < 4.78 is 5.74. The number of piperidine rings is 1. The van der Waals surface area contributed by atoms with Gasteiger partial charge in [0, 0.05) is 36.6 Å². The van der Waals surface area contributed by atoms with Crippen LogP contribution in [0.3, 0.4) is 0 Å². The summed E-state index contributed by atoms with van der Waals surface area (Å²) in [7, 11) is 0. The minimum absolute atomic E-state index is 0.266. The zero-order valence-corrected chi connectivity index (χ0v) is 14.4. The summed E-state index contributed by atoms with van der Waals surface area (Å²) in [4.78, 5) is 14.4. The van der Waals surface area contributed by atoms with E-state index in [1.807, 2.05) is 24.3 Å². The molecule has 126 valence electrons. The first-order valence-corrected chi connectivity index (χ1v) is 8.90. The smallest absolute Gasteiger partial charge is 0.223 e. The van der Waals surface area contributed by atoms with E-state index >= 15 is 0 Å². The average Bonchev–Trinajstić information content (AvgIpc) is 3.28. The quantitative estimate of drug-likeness (QED) is 0.868. The summed E-state index contributed by atoms with van der Waals surface area (Å²) in [5.41, 5.74) is 0. The van der Waals surface area contributed by atoms with Crippen molar-refractivity contribution < 1.29 is 9.53 Å². The number of likely N-dealkylation sites (tertiary alicyclic amines) is 1. The predicted molar refractivity (Wildman–Crippen MR) is 91.8 cm³/mol. The van der Waals surface area contributed by atoms with E-state index in [1.54, 1.807) is 0 Å². The third kappa shape index (κ3) is 4.85. The van der Waals surface area contributed by atoms with Crippen molar-refractivity contribution in [1.29, 1.82) is 0 Å². The second-order valence-electron chi connectivity index (χ2n) is 6.75. The van der Waals surface area contributed by atoms with Crippen LogP contribution in [0.2, 0.25) is 5.02 Å². The maximum absolute atomic E-state index is 12.0. The maximum atomic E-state index is 12.0. The minimum Gasteiger partial charge on any atom is -0.492 e. The summed E-state index contributed by atoms with van der Waals surface area (Å²) in [6.45, 7) is 5.79. The van der Waals surface area contributed by atoms with Crippen molar-refractivity contribution in [3.8, 4) is 5.75 Å². The summed E-state index contributed by atoms with van der Waals surface area (Å²) in [6, 6.07) is 7.81. The Morgan fingerprint density at radius 1 is 1.30 bits per heavy atom. The fourth-order valence-electron chi connectivity index (χ4n) is 3.12. The second-order valence-corrected chi connectivity index (χ2v) is 7.18. The van der Waals surface area contributed by atoms with Crippen LogP contribution in [0.15, 0.2) is 24.3 Å². The third-order valence-corrected chi connectivity index (χ3v) is 5.12. The SMILES string of the molecule is C[C@@H]1C[C@H]1C(=O)NC1CCN(CCOc2ccc(Cl)cc2)CC1. The minimum atomic E-state index is 0.266. The number of carbonyl (C=O) groups is 1. The van der Waals surface area contributed by atoms with Crippen LogP contribution in [-0.4, -0.2) is 43.1 Å². The van der Waals surface area contributed by atoms with Crippen molar-refractivity contribution in [3.63, 3.8) is 0 Å². The number of hydrogen-bond acceptors (Lipinski definition) is 3. The molecule has 0 bridgehead atoms. The van der Waals surface area contributed by atoms with Crippen LogP contribution in [0.25, 0.3) is 0 Å². The molecule has 0 radical (unpaired) electrons. The Hall–Kier alpha value is -1.26. The van der Waals surface area contributed by atoms with Gasteiger partial charge in [0.05, 0.1) is 0 Å². The van der Waals surface area contributed by atoms with Gasteiger partial charge in [0.25, 0.3) is 0 Å². The first-order chi connectivity index (χ1) is 11.1. The zero-order chi connectivity index (χ0) is 16.2. The number of benzene rings is 1. The lowest BCUT2D eigenvalue weighted by atomic mass is 10.0. The Morgan fingerprint density at radius 2 is 1.96 bits per heavy atom. The molecule has 1 aliphatic carbocycles. The van der Waals surface area contributed by atoms with Gasteiger partial charge in [0.1, 0.15) is 12.4 Å². The molecule has 5 heteroatoms. The van der Waals surface area contributed by atoms with Crippen LogP contribution in [0, 0.1) is 11.8 Å². The normalized spacial score (nSPS) is 25.1. The van der Waals surface area contributed by atoms with Gasteiger partial charge < -0.3 is 10.1 Å². The number of nitrogens with zero attached hydrogens (tertiary/aromatic N) is 1. The van der Waals surface area contributed by atoms with E-state index in [0.717, 1.165) is 49.7 Å². The lowest BCUT2D eigenvalue weighted by molar-refractivity contribution is -0.123. The third-order valence-electron chi connectivity index (χ3n) is 4.87. The molecule has 0 aromatic heterocycles. The molecule has 2 aliphatic rings. The molecule has 2 fully saturated rings. The van der Waals surface area contributed by atoms with E-state index < -0.39 is 0 Å². The topological polar surface area (TPSA) is 41.6 Å². The van der Waals surface area contributed by atoms with Gasteiger partial charge in [-0.25, -0.2) is 0 Å². The molecule has 23 heavy (non-hydrogen) atoms. The standard InChI is InChI=1S/C18H25ClN2O2/c1-13-12-17(13)18(22)20-15-6-8-21(9-7-15)10-11-23-16-4-2-14(19)3-5-16/h2-5,13,15,17H,6-12H2,1H3,(H,20,22)/t13-,17-/m1/s1. The molecule has 1 aromatic rings. The molecular weight excluding hydrogens is 312 g/mol. The second kappa shape index (κ2) is 7.54. The van der Waals surface area contributed by atoms with Crippen LogP contribution in [-0.2, 0) is 4.79 Å². The Balaban J connectivity index is 1.31. The summed E-state index contributed by atoms with van der Waals surface area (Å²) in [5.74, 6) is 1.98. The van der Waals surface area contributed by atoms with E-state index in [1.165, 1.54) is 0 Å². The molecule has 3 rings (SSSR count). The van der Waals surface area contributed by atoms with Gasteiger partial charge >= 0.3 is 0 Å². The Labute approximate surface area is 143 Å². The fraction of sp³-hybridized carbons (Fsp3) is 0.611. The number of nitrogens with one attached hydrogen (secondary N) is 1. The average molecular weight is 337 g/mol. The van der Waals surface area contributed by atoms with Crippen molar-refractivity contribution in [3.05, 3.63) is 29.3 Å². The van der Waals surface area contributed by atoms with E-state index in [-0.39, 0.29) is 11.8 Å². The first-order valence-electron chi connectivity index (χ1n) is 8.53. The molecule has 1 heterocycles. The Kier molecular flexibility index (Phi) is 5.44. The van der Waals surface area contributed by atoms with Gasteiger partial charge in [0.15, 0.2) is 0 Å². The largest absolute Gasteiger partial charge is 0.492 e. The maximum Gasteiger partial charge on any atom is 0.223 e. The molecular formula is C18H25ClN2O2. The van der Waals surface area contributed by atoms with Gasteiger partial charge in [-0.2, -0.15) is 0 Å². The molecule has 0 spiro atoms. The molecule has 1 amide bonds. The van der Waals surface area contributed by atoms with Crippen LogP contribution < -0.4 is 10.1 Å². The van der Waals surface area contributed by atoms with E-state index in [9.17, 15) is 4.79 Å².